The van der Waals surface area contributed by atoms with Gasteiger partial charge < -0.3 is 34.1 Å². The van der Waals surface area contributed by atoms with E-state index < -0.39 is 0 Å². The number of carbonyl (C=O) groups is 2. The van der Waals surface area contributed by atoms with Gasteiger partial charge in [0.05, 0.1) is 13.7 Å². The molecule has 1 aromatic rings. The maximum atomic E-state index is 13.7. The van der Waals surface area contributed by atoms with E-state index in [1.807, 2.05) is 11.0 Å². The van der Waals surface area contributed by atoms with Crippen LogP contribution in [0.3, 0.4) is 0 Å². The van der Waals surface area contributed by atoms with E-state index in [1.54, 1.807) is 33.5 Å². The summed E-state index contributed by atoms with van der Waals surface area (Å²) in [5.41, 5.74) is 0.598. The summed E-state index contributed by atoms with van der Waals surface area (Å²) in [4.78, 5) is 30.5. The molecule has 0 bridgehead atoms. The van der Waals surface area contributed by atoms with E-state index in [-0.39, 0.29) is 23.9 Å². The van der Waals surface area contributed by atoms with Gasteiger partial charge in [-0.25, -0.2) is 0 Å². The lowest BCUT2D eigenvalue weighted by atomic mass is 9.95. The van der Waals surface area contributed by atoms with Gasteiger partial charge in [0.1, 0.15) is 0 Å². The van der Waals surface area contributed by atoms with Gasteiger partial charge in [0.25, 0.3) is 5.91 Å². The van der Waals surface area contributed by atoms with Crippen molar-refractivity contribution in [3.05, 3.63) is 23.8 Å². The Morgan fingerprint density at radius 2 is 1.67 bits per heavy atom. The molecule has 9 nitrogen and oxygen atoms in total. The molecule has 1 N–H and O–H groups in total. The fraction of sp³-hybridized carbons (Fsp3) is 0.733. The molecule has 2 aliphatic rings. The van der Waals surface area contributed by atoms with Gasteiger partial charge in [-0.2, -0.15) is 0 Å². The maximum Gasteiger partial charge on any atom is 0.254 e. The van der Waals surface area contributed by atoms with Crippen molar-refractivity contribution in [2.45, 2.75) is 89.4 Å². The quantitative estimate of drug-likeness (QED) is 0.296. The Balaban J connectivity index is 1.56. The summed E-state index contributed by atoms with van der Waals surface area (Å²) in [6.45, 7) is 7.40. The van der Waals surface area contributed by atoms with Crippen LogP contribution in [-0.2, 0) is 14.3 Å². The van der Waals surface area contributed by atoms with E-state index in [0.717, 1.165) is 58.0 Å². The highest BCUT2D eigenvalue weighted by molar-refractivity contribution is 5.95. The number of nitrogens with zero attached hydrogens (tertiary/aromatic N) is 2. The van der Waals surface area contributed by atoms with Crippen LogP contribution in [0.25, 0.3) is 0 Å². The predicted octanol–water partition coefficient (Wildman–Crippen LogP) is 3.89. The van der Waals surface area contributed by atoms with Crippen LogP contribution in [0.4, 0.5) is 0 Å². The van der Waals surface area contributed by atoms with Crippen molar-refractivity contribution in [1.29, 1.82) is 0 Å². The third-order valence-electron chi connectivity index (χ3n) is 7.60. The highest BCUT2D eigenvalue weighted by atomic mass is 16.5. The number of hydrogen-bond acceptors (Lipinski definition) is 7. The van der Waals surface area contributed by atoms with Crippen LogP contribution >= 0.6 is 0 Å². The topological polar surface area (TPSA) is 89.6 Å². The molecule has 1 heterocycles. The van der Waals surface area contributed by atoms with Gasteiger partial charge in [-0.15, -0.1) is 0 Å². The number of hydrogen-bond donors (Lipinski definition) is 1. The van der Waals surface area contributed by atoms with Crippen molar-refractivity contribution in [2.24, 2.45) is 0 Å². The first kappa shape index (κ1) is 31.2. The van der Waals surface area contributed by atoms with Gasteiger partial charge in [-0.3, -0.25) is 9.59 Å². The Hall–Kier alpha value is -2.36. The van der Waals surface area contributed by atoms with Crippen molar-refractivity contribution >= 4 is 11.8 Å². The van der Waals surface area contributed by atoms with Crippen LogP contribution in [0.15, 0.2) is 18.2 Å². The van der Waals surface area contributed by atoms with Gasteiger partial charge in [0.2, 0.25) is 5.91 Å². The second kappa shape index (κ2) is 16.0. The van der Waals surface area contributed by atoms with Gasteiger partial charge in [0.15, 0.2) is 11.5 Å². The number of ether oxygens (including phenoxy) is 4. The summed E-state index contributed by atoms with van der Waals surface area (Å²) >= 11 is 0. The zero-order chi connectivity index (χ0) is 28.2. The monoisotopic (exact) mass is 547 g/mol. The summed E-state index contributed by atoms with van der Waals surface area (Å²) in [5.74, 6) is 1.43. The molecule has 2 unspecified atom stereocenters. The molecule has 2 amide bonds. The van der Waals surface area contributed by atoms with Gasteiger partial charge in [-0.1, -0.05) is 0 Å². The number of amides is 2. The summed E-state index contributed by atoms with van der Waals surface area (Å²) in [5, 5.41) is 3.68. The third-order valence-corrected chi connectivity index (χ3v) is 7.60. The van der Waals surface area contributed by atoms with E-state index in [4.69, 9.17) is 18.9 Å². The Bertz CT molecular complexity index is 899. The highest BCUT2D eigenvalue weighted by Crippen LogP contribution is 2.31. The normalized spacial score (nSPS) is 19.1. The van der Waals surface area contributed by atoms with E-state index >= 15 is 0 Å². The van der Waals surface area contributed by atoms with Crippen molar-refractivity contribution in [2.75, 3.05) is 54.2 Å². The lowest BCUT2D eigenvalue weighted by Gasteiger charge is -2.40. The first-order chi connectivity index (χ1) is 18.9. The fourth-order valence-electron chi connectivity index (χ4n) is 5.37. The Morgan fingerprint density at radius 3 is 2.28 bits per heavy atom. The Morgan fingerprint density at radius 1 is 0.949 bits per heavy atom. The molecule has 3 rings (SSSR count). The number of nitrogens with one attached hydrogen (secondary N) is 1. The zero-order valence-corrected chi connectivity index (χ0v) is 24.6. The highest BCUT2D eigenvalue weighted by Gasteiger charge is 2.34. The molecule has 1 aromatic carbocycles. The molecule has 1 aliphatic carbocycles. The lowest BCUT2D eigenvalue weighted by Crippen LogP contribution is -2.54. The van der Waals surface area contributed by atoms with Crippen LogP contribution in [0.5, 0.6) is 11.5 Å². The number of methoxy groups -OCH3 is 3. The molecular weight excluding hydrogens is 498 g/mol. The van der Waals surface area contributed by atoms with Crippen LogP contribution in [-0.4, -0.2) is 100 Å². The molecule has 0 radical (unpaired) electrons. The van der Waals surface area contributed by atoms with Gasteiger partial charge in [0, 0.05) is 83.1 Å². The lowest BCUT2D eigenvalue weighted by molar-refractivity contribution is -0.132. The van der Waals surface area contributed by atoms with Gasteiger partial charge >= 0.3 is 0 Å². The van der Waals surface area contributed by atoms with Crippen LogP contribution in [0, 0.1) is 0 Å². The molecular formula is C30H49N3O6. The summed E-state index contributed by atoms with van der Waals surface area (Å²) in [6.07, 6.45) is 7.18. The Labute approximate surface area is 234 Å². The predicted molar refractivity (Wildman–Crippen MR) is 152 cm³/mol. The van der Waals surface area contributed by atoms with E-state index in [1.165, 1.54) is 0 Å². The molecule has 220 valence electrons. The second-order valence-electron chi connectivity index (χ2n) is 10.9. The smallest absolute Gasteiger partial charge is 0.254 e. The number of piperidine rings is 1. The van der Waals surface area contributed by atoms with Crippen molar-refractivity contribution in [3.8, 4) is 11.5 Å². The molecule has 1 aliphatic heterocycles. The molecule has 1 saturated carbocycles. The molecule has 2 atom stereocenters. The van der Waals surface area contributed by atoms with Crippen LogP contribution < -0.4 is 14.8 Å². The fourth-order valence-corrected chi connectivity index (χ4v) is 5.37. The molecule has 1 saturated heterocycles. The summed E-state index contributed by atoms with van der Waals surface area (Å²) in [6, 6.07) is 6.34. The molecule has 2 fully saturated rings. The summed E-state index contributed by atoms with van der Waals surface area (Å²) < 4.78 is 21.6. The molecule has 9 heteroatoms. The standard InChI is InChI=1S/C30H49N3O6/c1-22(2)33(30(35)23-9-14-27(38-5)28(20-23)39-19-7-18-37-4)26-11-10-24(31-21-26)15-16-32(25-12-13-25)29(34)8-6-17-36-3/h9,14,20,22,24-26,31H,6-8,10-13,15-19,21H2,1-5H3. The largest absolute Gasteiger partial charge is 0.493 e. The average molecular weight is 548 g/mol. The number of rotatable bonds is 17. The minimum Gasteiger partial charge on any atom is -0.493 e. The first-order valence-corrected chi connectivity index (χ1v) is 14.5. The first-order valence-electron chi connectivity index (χ1n) is 14.5. The Kier molecular flexibility index (Phi) is 12.8. The maximum absolute atomic E-state index is 13.7. The third kappa shape index (κ3) is 9.36. The molecule has 39 heavy (non-hydrogen) atoms. The van der Waals surface area contributed by atoms with E-state index in [0.29, 0.717) is 55.4 Å². The molecule has 0 spiro atoms. The molecule has 0 aromatic heterocycles. The summed E-state index contributed by atoms with van der Waals surface area (Å²) in [7, 11) is 4.94. The van der Waals surface area contributed by atoms with Crippen molar-refractivity contribution < 1.29 is 28.5 Å². The van der Waals surface area contributed by atoms with Crippen LogP contribution in [0.2, 0.25) is 0 Å². The van der Waals surface area contributed by atoms with Crippen molar-refractivity contribution in [3.63, 3.8) is 0 Å². The average Bonchev–Trinajstić information content (AvgIpc) is 3.77. The van der Waals surface area contributed by atoms with E-state index in [2.05, 4.69) is 24.1 Å². The zero-order valence-electron chi connectivity index (χ0n) is 24.6. The number of benzene rings is 1. The minimum atomic E-state index is 0.00112. The number of carbonyl (C=O) groups excluding carboxylic acids is 2. The minimum absolute atomic E-state index is 0.00112. The second-order valence-corrected chi connectivity index (χ2v) is 10.9. The van der Waals surface area contributed by atoms with E-state index in [9.17, 15) is 9.59 Å². The van der Waals surface area contributed by atoms with Gasteiger partial charge in [-0.05, 0) is 70.6 Å². The SMILES string of the molecule is COCCCOc1cc(C(=O)N(C(C)C)C2CCC(CCN(C(=O)CCCOC)C3CC3)NC2)ccc1OC. The van der Waals surface area contributed by atoms with Crippen molar-refractivity contribution in [1.82, 2.24) is 15.1 Å². The van der Waals surface area contributed by atoms with Crippen LogP contribution in [0.1, 0.15) is 75.6 Å².